The maximum absolute atomic E-state index is 13.7. The lowest BCUT2D eigenvalue weighted by Crippen LogP contribution is -2.24. The van der Waals surface area contributed by atoms with Crippen molar-refractivity contribution < 1.29 is 18.0 Å². The average molecular weight is 605 g/mol. The van der Waals surface area contributed by atoms with Crippen LogP contribution in [0.5, 0.6) is 0 Å². The molecule has 0 aromatic rings. The number of halogens is 3. The Morgan fingerprint density at radius 2 is 1.16 bits per heavy atom. The van der Waals surface area contributed by atoms with Gasteiger partial charge in [0, 0.05) is 6.42 Å². The van der Waals surface area contributed by atoms with Crippen molar-refractivity contribution in [3.05, 3.63) is 130 Å². The lowest BCUT2D eigenvalue weighted by Gasteiger charge is -2.33. The lowest BCUT2D eigenvalue weighted by molar-refractivity contribution is -0.116. The number of hydrogen-bond acceptors (Lipinski definition) is 1. The molecule has 0 fully saturated rings. The minimum absolute atomic E-state index is 0.00217. The predicted molar refractivity (Wildman–Crippen MR) is 182 cm³/mol. The SMILES string of the molecule is CC1=C(/C=C/C(=C\C=C\C(C)=C\C=C\C=C(C)\C=C\C=C(C)\C=C\C2=C(C)C(=O)CCC2(C)C)C(F)(F)F)C(C)(C)CCC1. The van der Waals surface area contributed by atoms with Crippen molar-refractivity contribution in [3.8, 4) is 0 Å². The molecule has 0 saturated carbocycles. The summed E-state index contributed by atoms with van der Waals surface area (Å²) in [5.74, 6) is 0.239. The number of allylic oxidation sites excluding steroid dienone is 22. The molecule has 2 aliphatic carbocycles. The van der Waals surface area contributed by atoms with E-state index in [-0.39, 0.29) is 16.6 Å². The highest BCUT2D eigenvalue weighted by Crippen LogP contribution is 2.42. The van der Waals surface area contributed by atoms with Crippen LogP contribution in [-0.4, -0.2) is 12.0 Å². The first-order valence-corrected chi connectivity index (χ1v) is 15.6. The maximum atomic E-state index is 13.7. The first-order chi connectivity index (χ1) is 20.4. The molecule has 0 saturated heterocycles. The number of carbonyl (C=O) groups excluding carboxylic acids is 1. The molecule has 0 radical (unpaired) electrons. The molecule has 0 amide bonds. The van der Waals surface area contributed by atoms with Gasteiger partial charge in [0.05, 0.1) is 5.57 Å². The van der Waals surface area contributed by atoms with Gasteiger partial charge in [-0.15, -0.1) is 0 Å². The second-order valence-electron chi connectivity index (χ2n) is 13.4. The number of rotatable bonds is 10. The third-order valence-corrected chi connectivity index (χ3v) is 8.52. The van der Waals surface area contributed by atoms with E-state index in [1.807, 2.05) is 77.2 Å². The van der Waals surface area contributed by atoms with Crippen molar-refractivity contribution in [2.24, 2.45) is 10.8 Å². The van der Waals surface area contributed by atoms with Crippen molar-refractivity contribution in [2.75, 3.05) is 0 Å². The van der Waals surface area contributed by atoms with Gasteiger partial charge in [0.1, 0.15) is 0 Å². The minimum Gasteiger partial charge on any atom is -0.295 e. The first kappa shape index (κ1) is 36.8. The van der Waals surface area contributed by atoms with Crippen LogP contribution in [0.3, 0.4) is 0 Å². The fraction of sp³-hybridized carbons (Fsp3) is 0.425. The van der Waals surface area contributed by atoms with E-state index >= 15 is 0 Å². The Hall–Kier alpha value is -3.40. The summed E-state index contributed by atoms with van der Waals surface area (Å²) < 4.78 is 41.1. The van der Waals surface area contributed by atoms with Gasteiger partial charge in [-0.25, -0.2) is 0 Å². The Balaban J connectivity index is 2.02. The molecule has 0 aromatic heterocycles. The molecule has 0 atom stereocenters. The largest absolute Gasteiger partial charge is 0.416 e. The normalized spacial score (nSPS) is 21.5. The van der Waals surface area contributed by atoms with E-state index in [1.54, 1.807) is 12.2 Å². The average Bonchev–Trinajstić information content (AvgIpc) is 2.91. The first-order valence-electron chi connectivity index (χ1n) is 15.6. The maximum Gasteiger partial charge on any atom is 0.416 e. The van der Waals surface area contributed by atoms with Gasteiger partial charge < -0.3 is 0 Å². The molecule has 238 valence electrons. The predicted octanol–water partition coefficient (Wildman–Crippen LogP) is 12.3. The highest BCUT2D eigenvalue weighted by Gasteiger charge is 2.33. The summed E-state index contributed by atoms with van der Waals surface area (Å²) in [5, 5.41) is 0. The molecule has 2 rings (SSSR count). The summed E-state index contributed by atoms with van der Waals surface area (Å²) >= 11 is 0. The number of ketones is 1. The molecular formula is C40H51F3O. The summed E-state index contributed by atoms with van der Waals surface area (Å²) in [4.78, 5) is 12.1. The molecule has 0 spiro atoms. The Labute approximate surface area is 264 Å². The molecule has 2 aliphatic rings. The topological polar surface area (TPSA) is 17.1 Å². The molecule has 0 unspecified atom stereocenters. The summed E-state index contributed by atoms with van der Waals surface area (Å²) in [5.41, 5.74) is 6.39. The van der Waals surface area contributed by atoms with Crippen molar-refractivity contribution in [1.82, 2.24) is 0 Å². The Kier molecular flexibility index (Phi) is 13.4. The van der Waals surface area contributed by atoms with Gasteiger partial charge in [0.2, 0.25) is 0 Å². The summed E-state index contributed by atoms with van der Waals surface area (Å²) in [6, 6.07) is 0. The van der Waals surface area contributed by atoms with Crippen molar-refractivity contribution >= 4 is 5.78 Å². The summed E-state index contributed by atoms with van der Waals surface area (Å²) in [6.07, 6.45) is 25.0. The van der Waals surface area contributed by atoms with E-state index in [1.165, 1.54) is 17.7 Å². The molecule has 0 heterocycles. The molecule has 0 aromatic carbocycles. The summed E-state index contributed by atoms with van der Waals surface area (Å²) in [6.45, 7) is 18.4. The van der Waals surface area contributed by atoms with Crippen LogP contribution in [0.15, 0.2) is 130 Å². The molecule has 0 bridgehead atoms. The third-order valence-electron chi connectivity index (χ3n) is 8.52. The molecule has 1 nitrogen and oxygen atoms in total. The molecular weight excluding hydrogens is 553 g/mol. The van der Waals surface area contributed by atoms with Gasteiger partial charge in [0.15, 0.2) is 5.78 Å². The van der Waals surface area contributed by atoms with Crippen LogP contribution >= 0.6 is 0 Å². The number of hydrogen-bond donors (Lipinski definition) is 0. The van der Waals surface area contributed by atoms with Crippen LogP contribution in [0.4, 0.5) is 13.2 Å². The van der Waals surface area contributed by atoms with Gasteiger partial charge in [-0.3, -0.25) is 4.79 Å². The minimum atomic E-state index is -4.42. The van der Waals surface area contributed by atoms with E-state index in [0.717, 1.165) is 65.2 Å². The van der Waals surface area contributed by atoms with Crippen LogP contribution in [0.25, 0.3) is 0 Å². The number of carbonyl (C=O) groups is 1. The zero-order chi connectivity index (χ0) is 33.1. The van der Waals surface area contributed by atoms with Crippen LogP contribution in [0.1, 0.15) is 94.4 Å². The smallest absolute Gasteiger partial charge is 0.295 e. The van der Waals surface area contributed by atoms with E-state index in [9.17, 15) is 18.0 Å². The fourth-order valence-electron chi connectivity index (χ4n) is 5.64. The van der Waals surface area contributed by atoms with E-state index in [2.05, 4.69) is 39.8 Å². The molecule has 44 heavy (non-hydrogen) atoms. The zero-order valence-electron chi connectivity index (χ0n) is 28.2. The van der Waals surface area contributed by atoms with Gasteiger partial charge in [-0.1, -0.05) is 129 Å². The molecule has 4 heteroatoms. The van der Waals surface area contributed by atoms with Gasteiger partial charge in [-0.05, 0) is 93.9 Å². The van der Waals surface area contributed by atoms with E-state index in [0.29, 0.717) is 6.42 Å². The van der Waals surface area contributed by atoms with Gasteiger partial charge >= 0.3 is 6.18 Å². The zero-order valence-corrected chi connectivity index (χ0v) is 28.2. The van der Waals surface area contributed by atoms with Gasteiger partial charge in [-0.2, -0.15) is 13.2 Å². The second-order valence-corrected chi connectivity index (χ2v) is 13.4. The van der Waals surface area contributed by atoms with Gasteiger partial charge in [0.25, 0.3) is 0 Å². The Morgan fingerprint density at radius 1 is 0.659 bits per heavy atom. The second kappa shape index (κ2) is 16.1. The van der Waals surface area contributed by atoms with Crippen LogP contribution in [0.2, 0.25) is 0 Å². The van der Waals surface area contributed by atoms with Crippen LogP contribution in [-0.2, 0) is 4.79 Å². The lowest BCUT2D eigenvalue weighted by atomic mass is 9.72. The highest BCUT2D eigenvalue weighted by molar-refractivity contribution is 5.97. The van der Waals surface area contributed by atoms with E-state index in [4.69, 9.17) is 0 Å². The number of alkyl halides is 3. The quantitative estimate of drug-likeness (QED) is 0.227. The van der Waals surface area contributed by atoms with Crippen LogP contribution in [0, 0.1) is 10.8 Å². The van der Waals surface area contributed by atoms with Crippen molar-refractivity contribution in [1.29, 1.82) is 0 Å². The fourth-order valence-corrected chi connectivity index (χ4v) is 5.64. The van der Waals surface area contributed by atoms with Crippen LogP contribution < -0.4 is 0 Å². The Morgan fingerprint density at radius 3 is 1.73 bits per heavy atom. The van der Waals surface area contributed by atoms with Crippen molar-refractivity contribution in [2.45, 2.75) is 101 Å². The summed E-state index contributed by atoms with van der Waals surface area (Å²) in [7, 11) is 0. The molecule has 0 N–H and O–H groups in total. The Bertz CT molecular complexity index is 1400. The highest BCUT2D eigenvalue weighted by atomic mass is 19.4. The van der Waals surface area contributed by atoms with Crippen molar-refractivity contribution in [3.63, 3.8) is 0 Å². The monoisotopic (exact) mass is 604 g/mol. The number of Topliss-reactive ketones (excluding diaryl/α,β-unsaturated/α-hetero) is 1. The third kappa shape index (κ3) is 11.6. The molecule has 0 aliphatic heterocycles. The standard InChI is InChI=1S/C40H51F3O/c1-29(17-12-18-31(3)22-24-36-33(5)37(44)26-28-39(36,8)9)15-10-11-16-30(2)19-13-21-34(40(41,42)43)23-25-35-32(4)20-14-27-38(35,6)7/h10-13,15-19,21-25H,14,20,26-28H2,1-9H3/b11-10+,17-12+,19-13+,24-22+,25-23+,29-15+,30-16+,31-18+,34-21+. The van der Waals surface area contributed by atoms with E-state index < -0.39 is 11.7 Å².